The number of carbonyl (C=O) groups is 2. The third-order valence-corrected chi connectivity index (χ3v) is 6.31. The van der Waals surface area contributed by atoms with E-state index >= 15 is 0 Å². The van der Waals surface area contributed by atoms with E-state index in [1.54, 1.807) is 24.0 Å². The monoisotopic (exact) mass is 375 g/mol. The molecule has 0 aromatic carbocycles. The number of thioether (sulfide) groups is 1. The Bertz CT molecular complexity index is 636. The zero-order valence-corrected chi connectivity index (χ0v) is 16.6. The van der Waals surface area contributed by atoms with Gasteiger partial charge in [-0.3, -0.25) is 9.59 Å². The molecule has 3 rings (SSSR count). The molecule has 3 heterocycles. The molecule has 142 valence electrons. The van der Waals surface area contributed by atoms with Gasteiger partial charge in [0.05, 0.1) is 5.03 Å². The van der Waals surface area contributed by atoms with Crippen LogP contribution in [0.1, 0.15) is 49.9 Å². The Labute approximate surface area is 160 Å². The molecule has 26 heavy (non-hydrogen) atoms. The fourth-order valence-corrected chi connectivity index (χ4v) is 4.41. The van der Waals surface area contributed by atoms with Crippen molar-refractivity contribution in [2.24, 2.45) is 11.8 Å². The van der Waals surface area contributed by atoms with Gasteiger partial charge in [-0.2, -0.15) is 0 Å². The molecular formula is C20H29N3O2S. The summed E-state index contributed by atoms with van der Waals surface area (Å²) in [5, 5.41) is 0.891. The molecule has 0 saturated carbocycles. The van der Waals surface area contributed by atoms with Crippen LogP contribution >= 0.6 is 11.8 Å². The zero-order chi connectivity index (χ0) is 18.5. The zero-order valence-electron chi connectivity index (χ0n) is 15.8. The highest BCUT2D eigenvalue weighted by molar-refractivity contribution is 7.99. The summed E-state index contributed by atoms with van der Waals surface area (Å²) >= 11 is 1.64. The van der Waals surface area contributed by atoms with Crippen molar-refractivity contribution >= 4 is 23.6 Å². The summed E-state index contributed by atoms with van der Waals surface area (Å²) in [7, 11) is 0. The van der Waals surface area contributed by atoms with Crippen molar-refractivity contribution in [2.45, 2.75) is 44.6 Å². The number of likely N-dealkylation sites (tertiary alicyclic amines) is 2. The van der Waals surface area contributed by atoms with Crippen molar-refractivity contribution < 1.29 is 9.59 Å². The van der Waals surface area contributed by atoms with Gasteiger partial charge in [0.25, 0.3) is 5.91 Å². The van der Waals surface area contributed by atoms with Crippen LogP contribution in [0.15, 0.2) is 23.4 Å². The van der Waals surface area contributed by atoms with Crippen molar-refractivity contribution in [1.82, 2.24) is 14.8 Å². The second-order valence-corrected chi connectivity index (χ2v) is 8.67. The minimum Gasteiger partial charge on any atom is -0.342 e. The lowest BCUT2D eigenvalue weighted by molar-refractivity contribution is -0.138. The van der Waals surface area contributed by atoms with Crippen LogP contribution in [0.25, 0.3) is 0 Å². The van der Waals surface area contributed by atoms with Crippen molar-refractivity contribution in [3.63, 3.8) is 0 Å². The van der Waals surface area contributed by atoms with Gasteiger partial charge in [0.2, 0.25) is 5.91 Å². The molecule has 0 N–H and O–H groups in total. The van der Waals surface area contributed by atoms with Gasteiger partial charge in [-0.25, -0.2) is 4.98 Å². The first-order chi connectivity index (χ1) is 12.6. The maximum absolute atomic E-state index is 12.8. The average molecular weight is 376 g/mol. The lowest BCUT2D eigenvalue weighted by atomic mass is 9.92. The maximum atomic E-state index is 12.8. The van der Waals surface area contributed by atoms with E-state index < -0.39 is 0 Å². The molecular weight excluding hydrogens is 346 g/mol. The number of nitrogens with zero attached hydrogens (tertiary/aromatic N) is 3. The van der Waals surface area contributed by atoms with Gasteiger partial charge in [0, 0.05) is 43.9 Å². The number of rotatable bonds is 4. The molecule has 2 aliphatic heterocycles. The lowest BCUT2D eigenvalue weighted by Crippen LogP contribution is -2.46. The smallest absolute Gasteiger partial charge is 0.254 e. The highest BCUT2D eigenvalue weighted by atomic mass is 32.2. The third kappa shape index (κ3) is 4.58. The molecule has 0 radical (unpaired) electrons. The Hall–Kier alpha value is -1.56. The molecule has 0 atom stereocenters. The van der Waals surface area contributed by atoms with Gasteiger partial charge >= 0.3 is 0 Å². The van der Waals surface area contributed by atoms with E-state index in [1.165, 1.54) is 0 Å². The maximum Gasteiger partial charge on any atom is 0.254 e. The van der Waals surface area contributed by atoms with Crippen LogP contribution in [0.3, 0.4) is 0 Å². The van der Waals surface area contributed by atoms with E-state index in [0.29, 0.717) is 24.6 Å². The van der Waals surface area contributed by atoms with Crippen LogP contribution in [-0.2, 0) is 4.79 Å². The van der Waals surface area contributed by atoms with E-state index in [4.69, 9.17) is 0 Å². The molecule has 1 aromatic rings. The Morgan fingerprint density at radius 3 is 2.42 bits per heavy atom. The second-order valence-electron chi connectivity index (χ2n) is 7.39. The Morgan fingerprint density at radius 1 is 1.12 bits per heavy atom. The topological polar surface area (TPSA) is 53.5 Å². The molecule has 0 unspecified atom stereocenters. The van der Waals surface area contributed by atoms with Gasteiger partial charge in [0.15, 0.2) is 0 Å². The fraction of sp³-hybridized carbons (Fsp3) is 0.650. The van der Waals surface area contributed by atoms with E-state index in [9.17, 15) is 9.59 Å². The minimum absolute atomic E-state index is 0.0584. The summed E-state index contributed by atoms with van der Waals surface area (Å²) in [5.74, 6) is 2.11. The van der Waals surface area contributed by atoms with Crippen LogP contribution in [0.2, 0.25) is 0 Å². The Morgan fingerprint density at radius 2 is 1.77 bits per heavy atom. The predicted octanol–water partition coefficient (Wildman–Crippen LogP) is 3.30. The summed E-state index contributed by atoms with van der Waals surface area (Å²) in [4.78, 5) is 33.7. The number of amides is 2. The largest absolute Gasteiger partial charge is 0.342 e. The van der Waals surface area contributed by atoms with Crippen LogP contribution < -0.4 is 0 Å². The van der Waals surface area contributed by atoms with Crippen molar-refractivity contribution in [3.8, 4) is 0 Å². The van der Waals surface area contributed by atoms with Gasteiger partial charge in [-0.05, 0) is 49.5 Å². The number of hydrogen-bond donors (Lipinski definition) is 0. The molecule has 0 aliphatic carbocycles. The quantitative estimate of drug-likeness (QED) is 0.758. The summed E-state index contributed by atoms with van der Waals surface area (Å²) in [6.07, 6.45) is 5.49. The Balaban J connectivity index is 1.54. The van der Waals surface area contributed by atoms with Crippen molar-refractivity contribution in [3.05, 3.63) is 23.9 Å². The number of hydrogen-bond acceptors (Lipinski definition) is 4. The molecule has 2 saturated heterocycles. The molecule has 0 spiro atoms. The lowest BCUT2D eigenvalue weighted by Gasteiger charge is -2.36. The molecule has 0 bridgehead atoms. The van der Waals surface area contributed by atoms with Crippen LogP contribution in [0, 0.1) is 11.8 Å². The number of aromatic nitrogens is 1. The normalized spacial score (nSPS) is 19.6. The molecule has 2 amide bonds. The van der Waals surface area contributed by atoms with Gasteiger partial charge in [-0.15, -0.1) is 11.8 Å². The summed E-state index contributed by atoms with van der Waals surface area (Å²) < 4.78 is 0. The summed E-state index contributed by atoms with van der Waals surface area (Å²) in [6.45, 7) is 7.46. The second kappa shape index (κ2) is 8.89. The molecule has 6 heteroatoms. The first-order valence-electron chi connectivity index (χ1n) is 9.75. The number of carbonyl (C=O) groups excluding carboxylic acids is 2. The molecule has 2 aliphatic rings. The SMILES string of the molecule is CCSc1cc(C(=O)N2CCC(C(=O)N3CCC(C)CC3)CC2)ccn1. The molecule has 2 fully saturated rings. The van der Waals surface area contributed by atoms with E-state index in [-0.39, 0.29) is 11.8 Å². The fourth-order valence-electron chi connectivity index (χ4n) is 3.77. The van der Waals surface area contributed by atoms with Crippen LogP contribution in [-0.4, -0.2) is 58.5 Å². The predicted molar refractivity (Wildman–Crippen MR) is 104 cm³/mol. The highest BCUT2D eigenvalue weighted by Crippen LogP contribution is 2.25. The first-order valence-corrected chi connectivity index (χ1v) is 10.7. The van der Waals surface area contributed by atoms with Gasteiger partial charge < -0.3 is 9.80 Å². The van der Waals surface area contributed by atoms with E-state index in [1.807, 2.05) is 15.9 Å². The summed E-state index contributed by atoms with van der Waals surface area (Å²) in [5.41, 5.74) is 0.700. The molecule has 5 nitrogen and oxygen atoms in total. The highest BCUT2D eigenvalue weighted by Gasteiger charge is 2.31. The Kier molecular flexibility index (Phi) is 6.57. The van der Waals surface area contributed by atoms with Crippen molar-refractivity contribution in [2.75, 3.05) is 31.9 Å². The van der Waals surface area contributed by atoms with Crippen LogP contribution in [0.5, 0.6) is 0 Å². The standard InChI is InChI=1S/C20H29N3O2S/c1-3-26-18-14-17(4-9-21-18)20(25)23-12-7-16(8-13-23)19(24)22-10-5-15(2)6-11-22/h4,9,14-16H,3,5-8,10-13H2,1-2H3. The van der Waals surface area contributed by atoms with Crippen molar-refractivity contribution in [1.29, 1.82) is 0 Å². The van der Waals surface area contributed by atoms with Gasteiger partial charge in [-0.1, -0.05) is 13.8 Å². The first kappa shape index (κ1) is 19.2. The summed E-state index contributed by atoms with van der Waals surface area (Å²) in [6, 6.07) is 3.66. The van der Waals surface area contributed by atoms with E-state index in [0.717, 1.165) is 55.5 Å². The van der Waals surface area contributed by atoms with E-state index in [2.05, 4.69) is 18.8 Å². The molecule has 1 aromatic heterocycles. The minimum atomic E-state index is 0.0584. The average Bonchev–Trinajstić information content (AvgIpc) is 2.68. The van der Waals surface area contributed by atoms with Gasteiger partial charge in [0.1, 0.15) is 0 Å². The number of piperidine rings is 2. The number of pyridine rings is 1. The van der Waals surface area contributed by atoms with Crippen LogP contribution in [0.4, 0.5) is 0 Å². The third-order valence-electron chi connectivity index (χ3n) is 5.50.